The van der Waals surface area contributed by atoms with E-state index in [1.165, 1.54) is 37.4 Å². The summed E-state index contributed by atoms with van der Waals surface area (Å²) in [6.45, 7) is 9.93. The molecule has 0 atom stereocenters. The topological polar surface area (TPSA) is 44.8 Å². The van der Waals surface area contributed by atoms with Crippen LogP contribution in [-0.4, -0.2) is 39.5 Å². The van der Waals surface area contributed by atoms with E-state index in [9.17, 15) is 4.79 Å². The zero-order valence-corrected chi connectivity index (χ0v) is 17.3. The van der Waals surface area contributed by atoms with Crippen molar-refractivity contribution in [2.24, 2.45) is 0 Å². The van der Waals surface area contributed by atoms with Crippen molar-refractivity contribution >= 4 is 25.7 Å². The zero-order chi connectivity index (χ0) is 17.4. The fourth-order valence-electron chi connectivity index (χ4n) is 2.42. The van der Waals surface area contributed by atoms with Crippen LogP contribution in [0.3, 0.4) is 0 Å². The minimum absolute atomic E-state index is 0. The number of carbonyl (C=O) groups excluding carboxylic acids is 1. The number of unbranched alkanes of at least 4 members (excludes halogenated alkanes) is 4. The largest absolute Gasteiger partial charge is 0.500 e. The standard InChI is InChI=1S/C17H36O4SSi.CH4/c1-5-9-10-11-12-14-17(18)22-15-13-16-23(19-6-2,20-7-3)21-8-4;/h5-16H2,1-4H3;1H4. The monoisotopic (exact) mass is 380 g/mol. The maximum absolute atomic E-state index is 11.9. The SMILES string of the molecule is C.CCCCCCCC(=O)SCCC[Si](OCC)(OCC)OCC. The van der Waals surface area contributed by atoms with Crippen LogP contribution in [0.4, 0.5) is 0 Å². The molecule has 0 heterocycles. The van der Waals surface area contributed by atoms with Crippen molar-refractivity contribution in [3.8, 4) is 0 Å². The van der Waals surface area contributed by atoms with E-state index in [2.05, 4.69) is 6.92 Å². The summed E-state index contributed by atoms with van der Waals surface area (Å²) in [5.41, 5.74) is 0. The molecule has 0 N–H and O–H groups in total. The number of carbonyl (C=O) groups is 1. The van der Waals surface area contributed by atoms with Crippen molar-refractivity contribution in [1.29, 1.82) is 0 Å². The average Bonchev–Trinajstić information content (AvgIpc) is 2.52. The minimum Gasteiger partial charge on any atom is -0.374 e. The predicted octanol–water partition coefficient (Wildman–Crippen LogP) is 5.68. The lowest BCUT2D eigenvalue weighted by Crippen LogP contribution is -2.46. The predicted molar refractivity (Wildman–Crippen MR) is 108 cm³/mol. The molecule has 0 bridgehead atoms. The number of thioether (sulfide) groups is 1. The molecule has 4 nitrogen and oxygen atoms in total. The van der Waals surface area contributed by atoms with Crippen LogP contribution < -0.4 is 0 Å². The summed E-state index contributed by atoms with van der Waals surface area (Å²) in [6.07, 6.45) is 7.59. The second-order valence-electron chi connectivity index (χ2n) is 5.47. The van der Waals surface area contributed by atoms with E-state index >= 15 is 0 Å². The van der Waals surface area contributed by atoms with Crippen LogP contribution in [0.25, 0.3) is 0 Å². The quantitative estimate of drug-likeness (QED) is 0.254. The molecule has 6 heteroatoms. The molecule has 0 radical (unpaired) electrons. The molecule has 0 spiro atoms. The van der Waals surface area contributed by atoms with E-state index in [1.807, 2.05) is 20.8 Å². The van der Waals surface area contributed by atoms with E-state index in [-0.39, 0.29) is 7.43 Å². The summed E-state index contributed by atoms with van der Waals surface area (Å²) in [7, 11) is -2.53. The highest BCUT2D eigenvalue weighted by molar-refractivity contribution is 8.13. The first-order valence-electron chi connectivity index (χ1n) is 9.21. The highest BCUT2D eigenvalue weighted by Crippen LogP contribution is 2.21. The Hall–Kier alpha value is 0.117. The highest BCUT2D eigenvalue weighted by Gasteiger charge is 2.39. The smallest absolute Gasteiger partial charge is 0.374 e. The van der Waals surface area contributed by atoms with Crippen molar-refractivity contribution in [2.75, 3.05) is 25.6 Å². The lowest BCUT2D eigenvalue weighted by molar-refractivity contribution is -0.111. The Morgan fingerprint density at radius 3 is 1.88 bits per heavy atom. The van der Waals surface area contributed by atoms with Crippen LogP contribution in [0.15, 0.2) is 0 Å². The van der Waals surface area contributed by atoms with E-state index in [0.717, 1.165) is 24.6 Å². The van der Waals surface area contributed by atoms with Gasteiger partial charge in [-0.2, -0.15) is 0 Å². The molecule has 0 amide bonds. The minimum atomic E-state index is -2.53. The van der Waals surface area contributed by atoms with Crippen LogP contribution in [0.1, 0.15) is 80.1 Å². The van der Waals surface area contributed by atoms with Gasteiger partial charge in [0, 0.05) is 38.0 Å². The first-order valence-corrected chi connectivity index (χ1v) is 12.1. The Morgan fingerprint density at radius 2 is 1.38 bits per heavy atom. The second kappa shape index (κ2) is 17.9. The van der Waals surface area contributed by atoms with E-state index in [0.29, 0.717) is 31.4 Å². The molecule has 0 aliphatic rings. The molecule has 0 aromatic rings. The lowest BCUT2D eigenvalue weighted by Gasteiger charge is -2.28. The fraction of sp³-hybridized carbons (Fsp3) is 0.944. The number of hydrogen-bond donors (Lipinski definition) is 0. The first-order chi connectivity index (χ1) is 11.1. The molecule has 24 heavy (non-hydrogen) atoms. The van der Waals surface area contributed by atoms with Gasteiger partial charge in [0.05, 0.1) is 0 Å². The van der Waals surface area contributed by atoms with Crippen LogP contribution in [0.2, 0.25) is 6.04 Å². The van der Waals surface area contributed by atoms with Gasteiger partial charge in [-0.1, -0.05) is 51.8 Å². The molecule has 0 aliphatic carbocycles. The molecule has 0 aliphatic heterocycles. The molecule has 0 saturated heterocycles. The zero-order valence-electron chi connectivity index (χ0n) is 15.5. The van der Waals surface area contributed by atoms with Gasteiger partial charge in [-0.3, -0.25) is 4.79 Å². The Balaban J connectivity index is 0. The highest BCUT2D eigenvalue weighted by atomic mass is 32.2. The summed E-state index contributed by atoms with van der Waals surface area (Å²) in [6, 6.07) is 0.791. The lowest BCUT2D eigenvalue weighted by atomic mass is 10.1. The maximum atomic E-state index is 11.9. The van der Waals surface area contributed by atoms with Gasteiger partial charge in [0.2, 0.25) is 0 Å². The Morgan fingerprint density at radius 1 is 0.833 bits per heavy atom. The summed E-state index contributed by atoms with van der Waals surface area (Å²) in [4.78, 5) is 11.9. The summed E-state index contributed by atoms with van der Waals surface area (Å²) < 4.78 is 17.5. The molecule has 0 fully saturated rings. The molecule has 0 rings (SSSR count). The summed E-state index contributed by atoms with van der Waals surface area (Å²) in [5.74, 6) is 0.829. The third-order valence-corrected chi connectivity index (χ3v) is 7.64. The van der Waals surface area contributed by atoms with Gasteiger partial charge in [-0.25, -0.2) is 0 Å². The van der Waals surface area contributed by atoms with Crippen molar-refractivity contribution in [3.63, 3.8) is 0 Å². The van der Waals surface area contributed by atoms with Crippen molar-refractivity contribution in [1.82, 2.24) is 0 Å². The van der Waals surface area contributed by atoms with Crippen LogP contribution in [0.5, 0.6) is 0 Å². The van der Waals surface area contributed by atoms with Crippen LogP contribution in [-0.2, 0) is 18.1 Å². The Labute approximate surface area is 155 Å². The van der Waals surface area contributed by atoms with E-state index in [4.69, 9.17) is 13.3 Å². The summed E-state index contributed by atoms with van der Waals surface area (Å²) >= 11 is 1.45. The molecule has 0 aromatic carbocycles. The third kappa shape index (κ3) is 13.4. The van der Waals surface area contributed by atoms with Gasteiger partial charge in [0.25, 0.3) is 0 Å². The Bertz CT molecular complexity index is 273. The second-order valence-corrected chi connectivity index (χ2v) is 9.35. The van der Waals surface area contributed by atoms with Crippen LogP contribution >= 0.6 is 11.8 Å². The van der Waals surface area contributed by atoms with Gasteiger partial charge >= 0.3 is 8.80 Å². The van der Waals surface area contributed by atoms with Crippen molar-refractivity contribution in [3.05, 3.63) is 0 Å². The van der Waals surface area contributed by atoms with Gasteiger partial charge < -0.3 is 13.3 Å². The number of rotatable bonds is 16. The van der Waals surface area contributed by atoms with Crippen molar-refractivity contribution in [2.45, 2.75) is 86.1 Å². The van der Waals surface area contributed by atoms with Crippen molar-refractivity contribution < 1.29 is 18.1 Å². The normalized spacial score (nSPS) is 11.3. The van der Waals surface area contributed by atoms with Gasteiger partial charge in [-0.15, -0.1) is 0 Å². The molecule has 0 unspecified atom stereocenters. The van der Waals surface area contributed by atoms with Gasteiger partial charge in [-0.05, 0) is 33.6 Å². The Kier molecular flexibility index (Phi) is 19.7. The van der Waals surface area contributed by atoms with Gasteiger partial charge in [0.15, 0.2) is 5.12 Å². The molecule has 0 aromatic heterocycles. The molecule has 146 valence electrons. The number of hydrogen-bond acceptors (Lipinski definition) is 5. The third-order valence-electron chi connectivity index (χ3n) is 3.47. The summed E-state index contributed by atoms with van der Waals surface area (Å²) in [5, 5.41) is 0.318. The van der Waals surface area contributed by atoms with Gasteiger partial charge in [0.1, 0.15) is 0 Å². The van der Waals surface area contributed by atoms with Crippen LogP contribution in [0, 0.1) is 0 Å². The average molecular weight is 381 g/mol. The van der Waals surface area contributed by atoms with E-state index in [1.54, 1.807) is 0 Å². The van der Waals surface area contributed by atoms with E-state index < -0.39 is 8.80 Å². The molecular formula is C18H40O4SSi. The fourth-order valence-corrected chi connectivity index (χ4v) is 6.09. The molecular weight excluding hydrogens is 340 g/mol. The first kappa shape index (κ1) is 26.3. The maximum Gasteiger partial charge on any atom is 0.500 e. The molecule has 0 saturated carbocycles.